The van der Waals surface area contributed by atoms with Crippen molar-refractivity contribution in [1.29, 1.82) is 0 Å². The Morgan fingerprint density at radius 2 is 1.38 bits per heavy atom. The highest BCUT2D eigenvalue weighted by molar-refractivity contribution is 7.92. The molecule has 5 nitrogen and oxygen atoms in total. The van der Waals surface area contributed by atoms with Crippen LogP contribution in [0, 0.1) is 6.92 Å². The molecular formula is C19H26BNO4S. The van der Waals surface area contributed by atoms with Crippen molar-refractivity contribution in [2.75, 3.05) is 4.72 Å². The van der Waals surface area contributed by atoms with E-state index in [1.807, 2.05) is 46.8 Å². The van der Waals surface area contributed by atoms with Crippen LogP contribution in [0.2, 0.25) is 0 Å². The van der Waals surface area contributed by atoms with Gasteiger partial charge in [-0.15, -0.1) is 0 Å². The molecule has 140 valence electrons. The molecular weight excluding hydrogens is 349 g/mol. The summed E-state index contributed by atoms with van der Waals surface area (Å²) in [5.41, 5.74) is 1.52. The molecule has 1 fully saturated rings. The van der Waals surface area contributed by atoms with E-state index in [1.165, 1.54) is 0 Å². The number of hydrogen-bond donors (Lipinski definition) is 1. The highest BCUT2D eigenvalue weighted by atomic mass is 32.2. The number of nitrogens with one attached hydrogen (secondary N) is 1. The number of anilines is 1. The van der Waals surface area contributed by atoms with Crippen molar-refractivity contribution in [3.63, 3.8) is 0 Å². The van der Waals surface area contributed by atoms with Crippen LogP contribution in [-0.4, -0.2) is 26.7 Å². The molecule has 26 heavy (non-hydrogen) atoms. The van der Waals surface area contributed by atoms with Crippen LogP contribution in [0.4, 0.5) is 5.69 Å². The number of rotatable bonds is 4. The van der Waals surface area contributed by atoms with E-state index in [1.54, 1.807) is 36.4 Å². The van der Waals surface area contributed by atoms with Crippen LogP contribution in [0.15, 0.2) is 53.4 Å². The summed E-state index contributed by atoms with van der Waals surface area (Å²) in [7, 11) is -4.08. The second kappa shape index (κ2) is 6.41. The standard InChI is InChI=1S/C19H24BNO4S.H2/c1-14-6-12-17(13-7-14)26(22,23)21-16-10-8-15(9-11-16)20-24-18(2,3)19(4,5)25-20;/h6-13,21H,1-5H3;1H. The molecule has 0 unspecified atom stereocenters. The topological polar surface area (TPSA) is 64.6 Å². The van der Waals surface area contributed by atoms with Crippen molar-refractivity contribution < 1.29 is 19.2 Å². The number of sulfonamides is 1. The average Bonchev–Trinajstić information content (AvgIpc) is 2.76. The van der Waals surface area contributed by atoms with Crippen molar-refractivity contribution >= 4 is 28.3 Å². The molecule has 0 spiro atoms. The number of hydrogen-bond acceptors (Lipinski definition) is 4. The number of benzene rings is 2. The maximum Gasteiger partial charge on any atom is 0.494 e. The van der Waals surface area contributed by atoms with Crippen LogP contribution in [0.5, 0.6) is 0 Å². The normalized spacial score (nSPS) is 18.7. The van der Waals surface area contributed by atoms with E-state index in [2.05, 4.69) is 4.72 Å². The minimum Gasteiger partial charge on any atom is -0.399 e. The summed E-state index contributed by atoms with van der Waals surface area (Å²) >= 11 is 0. The van der Waals surface area contributed by atoms with E-state index < -0.39 is 28.3 Å². The van der Waals surface area contributed by atoms with Gasteiger partial charge >= 0.3 is 7.12 Å². The molecule has 0 bridgehead atoms. The monoisotopic (exact) mass is 375 g/mol. The van der Waals surface area contributed by atoms with Crippen molar-refractivity contribution in [2.45, 2.75) is 50.7 Å². The van der Waals surface area contributed by atoms with Crippen LogP contribution < -0.4 is 10.2 Å². The van der Waals surface area contributed by atoms with Gasteiger partial charge in [0.15, 0.2) is 0 Å². The Morgan fingerprint density at radius 3 is 1.88 bits per heavy atom. The third-order valence-electron chi connectivity index (χ3n) is 5.02. The quantitative estimate of drug-likeness (QED) is 0.833. The summed E-state index contributed by atoms with van der Waals surface area (Å²) in [4.78, 5) is 0.234. The van der Waals surface area contributed by atoms with E-state index in [9.17, 15) is 8.42 Å². The summed E-state index contributed by atoms with van der Waals surface area (Å²) in [5.74, 6) is 0. The second-order valence-electron chi connectivity index (χ2n) is 7.63. The fraction of sp³-hybridized carbons (Fsp3) is 0.368. The van der Waals surface area contributed by atoms with Gasteiger partial charge in [-0.25, -0.2) is 8.42 Å². The van der Waals surface area contributed by atoms with Crippen LogP contribution >= 0.6 is 0 Å². The minimum atomic E-state index is -3.61. The van der Waals surface area contributed by atoms with Gasteiger partial charge in [-0.3, -0.25) is 4.72 Å². The van der Waals surface area contributed by atoms with E-state index in [4.69, 9.17) is 9.31 Å². The third-order valence-corrected chi connectivity index (χ3v) is 6.42. The number of aryl methyl sites for hydroxylation is 1. The fourth-order valence-electron chi connectivity index (χ4n) is 2.62. The average molecular weight is 375 g/mol. The molecule has 0 aromatic heterocycles. The SMILES string of the molecule is Cc1ccc(S(=O)(=O)Nc2ccc(B3OC(C)(C)C(C)(C)O3)cc2)cc1.[HH]. The Labute approximate surface area is 157 Å². The fourth-order valence-corrected chi connectivity index (χ4v) is 3.68. The maximum atomic E-state index is 12.5. The van der Waals surface area contributed by atoms with Gasteiger partial charge in [0, 0.05) is 7.11 Å². The van der Waals surface area contributed by atoms with E-state index in [-0.39, 0.29) is 6.32 Å². The first-order chi connectivity index (χ1) is 12.0. The van der Waals surface area contributed by atoms with Crippen molar-refractivity contribution in [2.24, 2.45) is 0 Å². The highest BCUT2D eigenvalue weighted by Gasteiger charge is 2.51. The summed E-state index contributed by atoms with van der Waals surface area (Å²) in [6.07, 6.45) is 0. The molecule has 0 amide bonds. The summed E-state index contributed by atoms with van der Waals surface area (Å²) in [5, 5.41) is 0. The third kappa shape index (κ3) is 3.65. The predicted octanol–water partition coefficient (Wildman–Crippen LogP) is 3.34. The molecule has 1 aliphatic heterocycles. The van der Waals surface area contributed by atoms with Crippen LogP contribution in [-0.2, 0) is 19.3 Å². The zero-order chi connectivity index (χ0) is 19.2. The second-order valence-corrected chi connectivity index (χ2v) is 9.31. The predicted molar refractivity (Wildman–Crippen MR) is 106 cm³/mol. The van der Waals surface area contributed by atoms with E-state index in [0.717, 1.165) is 11.0 Å². The first kappa shape index (κ1) is 19.0. The van der Waals surface area contributed by atoms with E-state index >= 15 is 0 Å². The van der Waals surface area contributed by atoms with Crippen LogP contribution in [0.3, 0.4) is 0 Å². The van der Waals surface area contributed by atoms with Crippen molar-refractivity contribution in [3.05, 3.63) is 54.1 Å². The van der Waals surface area contributed by atoms with Crippen LogP contribution in [0.1, 0.15) is 34.7 Å². The lowest BCUT2D eigenvalue weighted by atomic mass is 9.79. The van der Waals surface area contributed by atoms with Gasteiger partial charge in [0.25, 0.3) is 10.0 Å². The summed E-state index contributed by atoms with van der Waals surface area (Å²) in [6, 6.07) is 13.8. The zero-order valence-electron chi connectivity index (χ0n) is 15.7. The smallest absolute Gasteiger partial charge is 0.399 e. The van der Waals surface area contributed by atoms with E-state index in [0.29, 0.717) is 5.69 Å². The van der Waals surface area contributed by atoms with Gasteiger partial charge in [-0.05, 0) is 64.3 Å². The molecule has 1 heterocycles. The van der Waals surface area contributed by atoms with Gasteiger partial charge in [-0.2, -0.15) is 0 Å². The first-order valence-corrected chi connectivity index (χ1v) is 10.0. The van der Waals surface area contributed by atoms with Crippen molar-refractivity contribution in [1.82, 2.24) is 0 Å². The summed E-state index contributed by atoms with van der Waals surface area (Å²) < 4.78 is 39.5. The molecule has 1 N–H and O–H groups in total. The van der Waals surface area contributed by atoms with Gasteiger partial charge in [0.1, 0.15) is 0 Å². The minimum absolute atomic E-state index is 0. The molecule has 7 heteroatoms. The van der Waals surface area contributed by atoms with Crippen LogP contribution in [0.25, 0.3) is 0 Å². The lowest BCUT2D eigenvalue weighted by Gasteiger charge is -2.32. The molecule has 0 atom stereocenters. The molecule has 1 aliphatic rings. The largest absolute Gasteiger partial charge is 0.494 e. The molecule has 1 saturated heterocycles. The molecule has 0 radical (unpaired) electrons. The molecule has 0 aliphatic carbocycles. The first-order valence-electron chi connectivity index (χ1n) is 8.55. The Kier molecular flexibility index (Phi) is 4.67. The zero-order valence-corrected chi connectivity index (χ0v) is 16.6. The van der Waals surface area contributed by atoms with Crippen molar-refractivity contribution in [3.8, 4) is 0 Å². The Bertz CT molecular complexity index is 880. The summed E-state index contributed by atoms with van der Waals surface area (Å²) in [6.45, 7) is 9.90. The van der Waals surface area contributed by atoms with Gasteiger partial charge in [0.05, 0.1) is 16.1 Å². The Balaban J connectivity index is 0.00000261. The Morgan fingerprint density at radius 1 is 0.885 bits per heavy atom. The lowest BCUT2D eigenvalue weighted by Crippen LogP contribution is -2.41. The van der Waals surface area contributed by atoms with Gasteiger partial charge in [-0.1, -0.05) is 29.8 Å². The highest BCUT2D eigenvalue weighted by Crippen LogP contribution is 2.36. The van der Waals surface area contributed by atoms with Gasteiger partial charge in [0.2, 0.25) is 0 Å². The molecule has 2 aromatic rings. The lowest BCUT2D eigenvalue weighted by molar-refractivity contribution is 0.00578. The van der Waals surface area contributed by atoms with Gasteiger partial charge < -0.3 is 9.31 Å². The molecule has 3 rings (SSSR count). The molecule has 2 aromatic carbocycles. The molecule has 0 saturated carbocycles. The Hall–Kier alpha value is -1.83. The maximum absolute atomic E-state index is 12.5.